The van der Waals surface area contributed by atoms with Gasteiger partial charge in [0.25, 0.3) is 0 Å². The van der Waals surface area contributed by atoms with E-state index in [1.165, 1.54) is 17.3 Å². The fourth-order valence-corrected chi connectivity index (χ4v) is 3.08. The molecule has 0 atom stereocenters. The van der Waals surface area contributed by atoms with Gasteiger partial charge in [-0.2, -0.15) is 0 Å². The molecule has 0 unspecified atom stereocenters. The number of unbranched alkanes of at least 4 members (excludes halogenated alkanes) is 1. The van der Waals surface area contributed by atoms with Crippen LogP contribution in [0, 0.1) is 0 Å². The van der Waals surface area contributed by atoms with Gasteiger partial charge in [-0.15, -0.1) is 5.10 Å². The molecule has 1 heterocycles. The molecule has 0 aliphatic carbocycles. The molecule has 0 aliphatic rings. The first kappa shape index (κ1) is 19.3. The van der Waals surface area contributed by atoms with Gasteiger partial charge in [-0.25, -0.2) is 9.89 Å². The molecule has 136 valence electrons. The first-order chi connectivity index (χ1) is 11.8. The van der Waals surface area contributed by atoms with Crippen LogP contribution in [0.5, 0.6) is 0 Å². The fourth-order valence-electron chi connectivity index (χ4n) is 2.31. The largest absolute Gasteiger partial charge is 0.343 e. The first-order valence-corrected chi connectivity index (χ1v) is 9.48. The maximum atomic E-state index is 12.1. The van der Waals surface area contributed by atoms with E-state index in [0.29, 0.717) is 11.7 Å². The Morgan fingerprint density at radius 2 is 1.96 bits per heavy atom. The van der Waals surface area contributed by atoms with Crippen LogP contribution in [-0.4, -0.2) is 26.4 Å². The van der Waals surface area contributed by atoms with Crippen molar-refractivity contribution in [2.45, 2.75) is 57.7 Å². The van der Waals surface area contributed by atoms with Crippen molar-refractivity contribution >= 4 is 23.4 Å². The minimum absolute atomic E-state index is 0.0838. The molecule has 0 saturated carbocycles. The number of thioether (sulfide) groups is 1. The Morgan fingerprint density at radius 1 is 1.28 bits per heavy atom. The maximum Gasteiger partial charge on any atom is 0.343 e. The van der Waals surface area contributed by atoms with E-state index in [1.807, 2.05) is 24.3 Å². The van der Waals surface area contributed by atoms with Crippen LogP contribution in [-0.2, 0) is 16.8 Å². The van der Waals surface area contributed by atoms with Crippen LogP contribution in [0.2, 0.25) is 0 Å². The maximum absolute atomic E-state index is 12.1. The van der Waals surface area contributed by atoms with Gasteiger partial charge in [-0.05, 0) is 29.5 Å². The summed E-state index contributed by atoms with van der Waals surface area (Å²) in [4.78, 5) is 23.9. The second-order valence-electron chi connectivity index (χ2n) is 6.98. The molecule has 0 bridgehead atoms. The van der Waals surface area contributed by atoms with Crippen LogP contribution in [0.25, 0.3) is 0 Å². The lowest BCUT2D eigenvalue weighted by atomic mass is 9.87. The van der Waals surface area contributed by atoms with Crippen LogP contribution in [0.15, 0.2) is 34.2 Å². The molecule has 1 aromatic carbocycles. The first-order valence-electron chi connectivity index (χ1n) is 8.49. The van der Waals surface area contributed by atoms with E-state index in [9.17, 15) is 9.59 Å². The Kier molecular flexibility index (Phi) is 6.47. The van der Waals surface area contributed by atoms with Crippen LogP contribution >= 0.6 is 11.8 Å². The third-order valence-electron chi connectivity index (χ3n) is 3.83. The molecule has 0 fully saturated rings. The summed E-state index contributed by atoms with van der Waals surface area (Å²) in [6.45, 7) is 9.14. The second-order valence-corrected chi connectivity index (χ2v) is 7.92. The average Bonchev–Trinajstić information content (AvgIpc) is 2.90. The lowest BCUT2D eigenvalue weighted by molar-refractivity contribution is -0.113. The summed E-state index contributed by atoms with van der Waals surface area (Å²) >= 11 is 1.26. The molecule has 0 radical (unpaired) electrons. The summed E-state index contributed by atoms with van der Waals surface area (Å²) in [6, 6.07) is 7.88. The van der Waals surface area contributed by atoms with Gasteiger partial charge >= 0.3 is 5.69 Å². The molecular weight excluding hydrogens is 336 g/mol. The molecule has 7 heteroatoms. The Labute approximate surface area is 152 Å². The summed E-state index contributed by atoms with van der Waals surface area (Å²) in [5.74, 6) is 0.0863. The van der Waals surface area contributed by atoms with Crippen LogP contribution in [0.3, 0.4) is 0 Å². The lowest BCUT2D eigenvalue weighted by Crippen LogP contribution is -2.19. The number of carbonyl (C=O) groups is 1. The highest BCUT2D eigenvalue weighted by Gasteiger charge is 2.14. The van der Waals surface area contributed by atoms with Crippen LogP contribution in [0.4, 0.5) is 5.69 Å². The van der Waals surface area contributed by atoms with Crippen molar-refractivity contribution in [3.05, 3.63) is 40.3 Å². The Morgan fingerprint density at radius 3 is 2.56 bits per heavy atom. The predicted octanol–water partition coefficient (Wildman–Crippen LogP) is 3.40. The van der Waals surface area contributed by atoms with E-state index in [2.05, 4.69) is 43.2 Å². The summed E-state index contributed by atoms with van der Waals surface area (Å²) in [5, 5.41) is 9.87. The zero-order valence-corrected chi connectivity index (χ0v) is 16.1. The quantitative estimate of drug-likeness (QED) is 0.740. The Bertz CT molecular complexity index is 757. The zero-order valence-electron chi connectivity index (χ0n) is 15.3. The molecule has 25 heavy (non-hydrogen) atoms. The van der Waals surface area contributed by atoms with Gasteiger partial charge in [-0.3, -0.25) is 9.36 Å². The summed E-state index contributed by atoms with van der Waals surface area (Å²) in [5.41, 5.74) is 1.84. The van der Waals surface area contributed by atoms with Gasteiger partial charge in [0.15, 0.2) is 5.16 Å². The van der Waals surface area contributed by atoms with Crippen molar-refractivity contribution in [2.24, 2.45) is 0 Å². The minimum atomic E-state index is -0.228. The number of hydrogen-bond donors (Lipinski definition) is 2. The van der Waals surface area contributed by atoms with Crippen molar-refractivity contribution in [2.75, 3.05) is 11.1 Å². The summed E-state index contributed by atoms with van der Waals surface area (Å²) < 4.78 is 1.58. The van der Waals surface area contributed by atoms with E-state index < -0.39 is 0 Å². The van der Waals surface area contributed by atoms with E-state index in [-0.39, 0.29) is 22.8 Å². The number of rotatable bonds is 7. The SMILES string of the molecule is CCCCn1c(SCC(=O)Nc2ccc(C(C)(C)C)cc2)n[nH]c1=O. The number of anilines is 1. The van der Waals surface area contributed by atoms with Gasteiger partial charge in [0.05, 0.1) is 5.75 Å². The molecular formula is C18H26N4O2S. The number of carbonyl (C=O) groups excluding carboxylic acids is 1. The minimum Gasteiger partial charge on any atom is -0.325 e. The standard InChI is InChI=1S/C18H26N4O2S/c1-5-6-11-22-16(24)20-21-17(22)25-12-15(23)19-14-9-7-13(8-10-14)18(2,3)4/h7-10H,5-6,11-12H2,1-4H3,(H,19,23)(H,20,24). The second kappa shape index (κ2) is 8.38. The molecule has 0 aliphatic heterocycles. The molecule has 2 N–H and O–H groups in total. The predicted molar refractivity (Wildman–Crippen MR) is 102 cm³/mol. The lowest BCUT2D eigenvalue weighted by Gasteiger charge is -2.19. The van der Waals surface area contributed by atoms with Crippen molar-refractivity contribution < 1.29 is 4.79 Å². The van der Waals surface area contributed by atoms with Crippen molar-refractivity contribution in [1.82, 2.24) is 14.8 Å². The summed E-state index contributed by atoms with van der Waals surface area (Å²) in [7, 11) is 0. The Balaban J connectivity index is 1.92. The van der Waals surface area contributed by atoms with Gasteiger partial charge in [0.2, 0.25) is 5.91 Å². The highest BCUT2D eigenvalue weighted by molar-refractivity contribution is 7.99. The number of nitrogens with zero attached hydrogens (tertiary/aromatic N) is 2. The average molecular weight is 362 g/mol. The normalized spacial score (nSPS) is 11.5. The Hall–Kier alpha value is -2.02. The van der Waals surface area contributed by atoms with Crippen molar-refractivity contribution in [1.29, 1.82) is 0 Å². The number of amides is 1. The zero-order chi connectivity index (χ0) is 18.4. The van der Waals surface area contributed by atoms with E-state index in [0.717, 1.165) is 18.5 Å². The topological polar surface area (TPSA) is 79.8 Å². The molecule has 2 aromatic rings. The monoisotopic (exact) mass is 362 g/mol. The third-order valence-corrected chi connectivity index (χ3v) is 4.80. The molecule has 0 saturated heterocycles. The number of aromatic amines is 1. The fraction of sp³-hybridized carbons (Fsp3) is 0.500. The van der Waals surface area contributed by atoms with Gasteiger partial charge in [-0.1, -0.05) is 58.0 Å². The van der Waals surface area contributed by atoms with Crippen molar-refractivity contribution in [3.63, 3.8) is 0 Å². The van der Waals surface area contributed by atoms with Gasteiger partial charge in [0, 0.05) is 12.2 Å². The van der Waals surface area contributed by atoms with E-state index >= 15 is 0 Å². The number of nitrogens with one attached hydrogen (secondary N) is 2. The highest BCUT2D eigenvalue weighted by Crippen LogP contribution is 2.23. The number of hydrogen-bond acceptors (Lipinski definition) is 4. The van der Waals surface area contributed by atoms with Crippen molar-refractivity contribution in [3.8, 4) is 0 Å². The molecule has 2 rings (SSSR count). The van der Waals surface area contributed by atoms with Gasteiger partial charge < -0.3 is 5.32 Å². The molecule has 1 amide bonds. The molecule has 1 aromatic heterocycles. The third kappa shape index (κ3) is 5.49. The number of aromatic nitrogens is 3. The smallest absolute Gasteiger partial charge is 0.325 e. The van der Waals surface area contributed by atoms with E-state index in [4.69, 9.17) is 0 Å². The molecule has 0 spiro atoms. The summed E-state index contributed by atoms with van der Waals surface area (Å²) in [6.07, 6.45) is 1.89. The number of H-pyrrole nitrogens is 1. The highest BCUT2D eigenvalue weighted by atomic mass is 32.2. The van der Waals surface area contributed by atoms with Crippen LogP contribution < -0.4 is 11.0 Å². The number of benzene rings is 1. The molecule has 6 nitrogen and oxygen atoms in total. The van der Waals surface area contributed by atoms with Crippen LogP contribution in [0.1, 0.15) is 46.1 Å². The van der Waals surface area contributed by atoms with E-state index in [1.54, 1.807) is 4.57 Å². The van der Waals surface area contributed by atoms with Gasteiger partial charge in [0.1, 0.15) is 0 Å².